The number of carbonyl (C=O) groups excluding carboxylic acids is 7. The molecule has 490 valence electrons. The van der Waals surface area contributed by atoms with Crippen LogP contribution in [0.25, 0.3) is 32.3 Å². The first-order chi connectivity index (χ1) is 43.0. The molecule has 0 bridgehead atoms. The van der Waals surface area contributed by atoms with Crippen LogP contribution in [0.1, 0.15) is 108 Å². The topological polar surface area (TPSA) is 463 Å². The number of anilines is 1. The van der Waals surface area contributed by atoms with Gasteiger partial charge in [-0.2, -0.15) is 0 Å². The predicted octanol–water partition coefficient (Wildman–Crippen LogP) is 0.390. The van der Waals surface area contributed by atoms with Gasteiger partial charge in [0.1, 0.15) is 56.5 Å². The average molecular weight is 1320 g/mol. The van der Waals surface area contributed by atoms with Gasteiger partial charge in [0.2, 0.25) is 29.5 Å². The molecule has 7 amide bonds. The van der Waals surface area contributed by atoms with E-state index in [0.717, 1.165) is 62.8 Å². The molecule has 0 fully saturated rings. The van der Waals surface area contributed by atoms with Gasteiger partial charge in [0, 0.05) is 101 Å². The lowest BCUT2D eigenvalue weighted by atomic mass is 9.89. The molecular weight excluding hydrogens is 1240 g/mol. The highest BCUT2D eigenvalue weighted by Crippen LogP contribution is 2.32. The quantitative estimate of drug-likeness (QED) is 0.0231. The number of aromatic nitrogens is 6. The Labute approximate surface area is 536 Å². The van der Waals surface area contributed by atoms with Crippen LogP contribution in [-0.2, 0) is 47.6 Å². The lowest BCUT2D eigenvalue weighted by Gasteiger charge is -2.33. The van der Waals surface area contributed by atoms with Crippen molar-refractivity contribution in [1.82, 2.24) is 72.4 Å². The second kappa shape index (κ2) is 35.9. The Bertz CT molecular complexity index is 3390. The molecule has 0 saturated heterocycles. The Morgan fingerprint density at radius 1 is 0.744 bits per heavy atom. The fourth-order valence-corrected chi connectivity index (χ4v) is 12.4. The van der Waals surface area contributed by atoms with E-state index in [4.69, 9.17) is 38.6 Å². The summed E-state index contributed by atoms with van der Waals surface area (Å²) < 4.78 is 12.3. The van der Waals surface area contributed by atoms with Crippen molar-refractivity contribution in [1.29, 1.82) is 0 Å². The molecule has 0 aliphatic rings. The van der Waals surface area contributed by atoms with Gasteiger partial charge >= 0.3 is 0 Å². The highest BCUT2D eigenvalue weighted by molar-refractivity contribution is 7.84. The van der Waals surface area contributed by atoms with Crippen molar-refractivity contribution < 1.29 is 42.9 Å². The number of hydrogen-bond acceptors (Lipinski definition) is 23. The molecule has 20 N–H and O–H groups in total. The zero-order chi connectivity index (χ0) is 65.4. The monoisotopic (exact) mass is 1320 g/mol. The molecule has 5 aromatic heterocycles. The van der Waals surface area contributed by atoms with Crippen molar-refractivity contribution in [3.8, 4) is 21.4 Å². The SMILES string of the molecule is Cc1c(N)nc([C@H](CC(N)=O)NC[C@H](N)C(N)=O)nc1C(=O)N[C@@H](Cc1c[nH]c2ccccc12)C(=O)N[C@H](C(C)C)[C@@H](O)[C@H](C)C(=O)N[C@@H](CCS(C)=O)C(=O)NCCc1nc(-c2nc(-c3nc(C(=O)NCCCNCCCCNCCCN)cs3)cs2)cs1. The highest BCUT2D eigenvalue weighted by atomic mass is 32.2. The summed E-state index contributed by atoms with van der Waals surface area (Å²) in [4.78, 5) is 120. The zero-order valence-electron chi connectivity index (χ0n) is 51.2. The number of benzene rings is 1. The number of nitrogens with one attached hydrogen (secondary N) is 9. The summed E-state index contributed by atoms with van der Waals surface area (Å²) in [6, 6.07) is 1.56. The first-order valence-corrected chi connectivity index (χ1v) is 34.1. The van der Waals surface area contributed by atoms with E-state index >= 15 is 0 Å². The van der Waals surface area contributed by atoms with E-state index in [2.05, 4.69) is 62.5 Å². The summed E-state index contributed by atoms with van der Waals surface area (Å²) in [5, 5.41) is 44.0. The maximum absolute atomic E-state index is 14.7. The lowest BCUT2D eigenvalue weighted by molar-refractivity contribution is -0.135. The average Bonchev–Trinajstić information content (AvgIpc) is 1.55. The van der Waals surface area contributed by atoms with Crippen LogP contribution in [0.4, 0.5) is 5.82 Å². The van der Waals surface area contributed by atoms with E-state index in [1.54, 1.807) is 25.4 Å². The number of unbranched alkanes of at least 4 members (excludes halogenated alkanes) is 1. The number of amides is 7. The van der Waals surface area contributed by atoms with E-state index in [0.29, 0.717) is 57.2 Å². The molecule has 0 spiro atoms. The number of nitrogens with two attached hydrogens (primary N) is 5. The van der Waals surface area contributed by atoms with Crippen molar-refractivity contribution >= 4 is 103 Å². The number of aliphatic hydroxyl groups excluding tert-OH is 1. The van der Waals surface area contributed by atoms with Crippen molar-refractivity contribution in [2.75, 3.05) is 70.1 Å². The molecule has 0 aliphatic heterocycles. The van der Waals surface area contributed by atoms with Gasteiger partial charge in [0.25, 0.3) is 11.8 Å². The smallest absolute Gasteiger partial charge is 0.271 e. The Balaban J connectivity index is 1.05. The number of nitrogens with zero attached hydrogens (tertiary/aromatic N) is 5. The molecule has 8 atom stereocenters. The number of thiazole rings is 3. The molecule has 5 heterocycles. The predicted molar refractivity (Wildman–Crippen MR) is 350 cm³/mol. The Morgan fingerprint density at radius 2 is 1.42 bits per heavy atom. The van der Waals surface area contributed by atoms with E-state index < -0.39 is 94.4 Å². The van der Waals surface area contributed by atoms with Gasteiger partial charge < -0.3 is 81.3 Å². The number of hydrogen-bond donors (Lipinski definition) is 15. The second-order valence-corrected chi connectivity index (χ2v) is 26.3. The fraction of sp³-hybridized carbons (Fsp3) is 0.517. The second-order valence-electron chi connectivity index (χ2n) is 22.1. The summed E-state index contributed by atoms with van der Waals surface area (Å²) in [5.41, 5.74) is 31.4. The van der Waals surface area contributed by atoms with Crippen LogP contribution in [0.5, 0.6) is 0 Å². The van der Waals surface area contributed by atoms with Crippen molar-refractivity contribution in [2.24, 2.45) is 34.8 Å². The van der Waals surface area contributed by atoms with Gasteiger partial charge in [-0.15, -0.1) is 34.0 Å². The Hall–Kier alpha value is -7.27. The summed E-state index contributed by atoms with van der Waals surface area (Å²) in [5.74, 6) is -6.57. The van der Waals surface area contributed by atoms with Crippen LogP contribution in [0.2, 0.25) is 0 Å². The molecule has 0 aliphatic carbocycles. The van der Waals surface area contributed by atoms with E-state index in [-0.39, 0.29) is 66.9 Å². The number of carbonyl (C=O) groups is 7. The van der Waals surface area contributed by atoms with Crippen LogP contribution in [0, 0.1) is 18.8 Å². The first-order valence-electron chi connectivity index (χ1n) is 29.7. The van der Waals surface area contributed by atoms with Crippen molar-refractivity contribution in [3.05, 3.63) is 79.9 Å². The Morgan fingerprint density at radius 3 is 2.12 bits per heavy atom. The number of aromatic amines is 1. The van der Waals surface area contributed by atoms with Crippen LogP contribution in [0.15, 0.2) is 46.6 Å². The van der Waals surface area contributed by atoms with Gasteiger partial charge in [0.15, 0.2) is 0 Å². The highest BCUT2D eigenvalue weighted by Gasteiger charge is 2.37. The maximum Gasteiger partial charge on any atom is 0.271 e. The third-order valence-electron chi connectivity index (χ3n) is 14.7. The summed E-state index contributed by atoms with van der Waals surface area (Å²) in [6.45, 7) is 11.2. The van der Waals surface area contributed by atoms with Gasteiger partial charge in [-0.1, -0.05) is 39.0 Å². The third kappa shape index (κ3) is 21.7. The van der Waals surface area contributed by atoms with Crippen LogP contribution in [-0.4, -0.2) is 175 Å². The molecule has 0 saturated carbocycles. The standard InChI is InChI=1S/C58H85N19O9S4/c1-31(2)46(76-55(84)40(24-34-26-68-37-13-7-6-12-35(34)37)72-56(85)47-32(3)49(62)77-51(75-47)39(25-44(61)78)69-27-36(60)50(63)80)48(79)33(4)52(81)71-38(15-23-90(5)86)53(82)67-22-14-45-70-42(29-87-45)57-74-43(30-89-57)58-73-41(28-88-58)54(83)66-21-11-20-65-18-9-8-17-64-19-10-16-59/h6-7,12-13,26,28-31,33,36,38-40,46,48,64-65,68-69,79H,8-11,14-25,27,59-60H2,1-5H3,(H2,61,78)(H2,63,80)(H,66,83)(H,67,82)(H,71,81)(H,72,85)(H,76,84)(H2,62,75,77)/t33-,36-,38-,39-,40-,46+,48-,90?/m0/s1. The molecule has 90 heavy (non-hydrogen) atoms. The summed E-state index contributed by atoms with van der Waals surface area (Å²) >= 11 is 4.10. The van der Waals surface area contributed by atoms with Crippen LogP contribution >= 0.6 is 34.0 Å². The number of nitrogen functional groups attached to an aromatic ring is 1. The van der Waals surface area contributed by atoms with E-state index in [9.17, 15) is 42.9 Å². The molecule has 0 radical (unpaired) electrons. The zero-order valence-corrected chi connectivity index (χ0v) is 54.5. The fourth-order valence-electron chi connectivity index (χ4n) is 9.35. The number of rotatable bonds is 40. The molecule has 6 aromatic rings. The molecule has 28 nitrogen and oxygen atoms in total. The molecule has 1 aromatic carbocycles. The van der Waals surface area contributed by atoms with Crippen molar-refractivity contribution in [2.45, 2.75) is 115 Å². The summed E-state index contributed by atoms with van der Waals surface area (Å²) in [7, 11) is -1.33. The number of H-pyrrole nitrogens is 1. The number of aliphatic hydroxyl groups is 1. The minimum absolute atomic E-state index is 0.0141. The van der Waals surface area contributed by atoms with Gasteiger partial charge in [-0.25, -0.2) is 24.9 Å². The largest absolute Gasteiger partial charge is 0.390 e. The minimum atomic E-state index is -1.53. The van der Waals surface area contributed by atoms with E-state index in [1.807, 2.05) is 35.0 Å². The van der Waals surface area contributed by atoms with Crippen molar-refractivity contribution in [3.63, 3.8) is 0 Å². The summed E-state index contributed by atoms with van der Waals surface area (Å²) in [6.07, 6.45) is 5.49. The van der Waals surface area contributed by atoms with E-state index in [1.165, 1.54) is 54.1 Å². The molecule has 32 heteroatoms. The number of fused-ring (bicyclic) bond motifs is 1. The first kappa shape index (κ1) is 71.8. The number of primary amides is 2. The third-order valence-corrected chi connectivity index (χ3v) is 18.1. The maximum atomic E-state index is 14.7. The van der Waals surface area contributed by atoms with Gasteiger partial charge in [0.05, 0.1) is 35.2 Å². The molecule has 1 unspecified atom stereocenters. The number of para-hydroxylation sites is 1. The lowest BCUT2D eigenvalue weighted by Crippen LogP contribution is -2.58. The molecule has 6 rings (SSSR count). The van der Waals surface area contributed by atoms with Crippen LogP contribution < -0.4 is 71.2 Å². The van der Waals surface area contributed by atoms with Gasteiger partial charge in [-0.05, 0) is 89.3 Å². The Kier molecular flexibility index (Phi) is 28.7. The minimum Gasteiger partial charge on any atom is -0.390 e. The van der Waals surface area contributed by atoms with Gasteiger partial charge in [-0.3, -0.25) is 37.8 Å². The van der Waals surface area contributed by atoms with Crippen LogP contribution in [0.3, 0.4) is 0 Å². The normalized spacial score (nSPS) is 14.2. The molecular formula is C58H85N19O9S4.